The van der Waals surface area contributed by atoms with Crippen LogP contribution in [0.5, 0.6) is 5.75 Å². The lowest BCUT2D eigenvalue weighted by Crippen LogP contribution is -2.06. The molecule has 4 nitrogen and oxygen atoms in total. The molecule has 0 aliphatic carbocycles. The summed E-state index contributed by atoms with van der Waals surface area (Å²) in [5.74, 6) is 2.32. The first-order valence-corrected chi connectivity index (χ1v) is 17.7. The number of nitrogens with zero attached hydrogens (tertiary/aromatic N) is 3. The lowest BCUT2D eigenvalue weighted by atomic mass is 9.89. The number of aromatic nitrogens is 3. The van der Waals surface area contributed by atoms with Crippen molar-refractivity contribution in [2.24, 2.45) is 0 Å². The summed E-state index contributed by atoms with van der Waals surface area (Å²) < 4.78 is 25.5. The number of thiophene rings is 1. The highest BCUT2D eigenvalue weighted by atomic mass is 32.1. The lowest BCUT2D eigenvalue weighted by Gasteiger charge is -2.23. The van der Waals surface area contributed by atoms with Crippen LogP contribution in [0.15, 0.2) is 164 Å². The molecule has 0 saturated heterocycles. The number of rotatable bonds is 5. The van der Waals surface area contributed by atoms with Crippen molar-refractivity contribution in [3.63, 3.8) is 0 Å². The maximum Gasteiger partial charge on any atom is 0.165 e. The SMILES string of the molecule is [2H]C1([2H])Oc2ccccc2-c2c(-c3ccc(-c4nc(-c5cccc(-c6ccccc6)c5)nc(-c5cccc6c5sc5ccccc56)n4)cc3)cccc21. The van der Waals surface area contributed by atoms with E-state index in [1.165, 1.54) is 15.5 Å². The van der Waals surface area contributed by atoms with Crippen molar-refractivity contribution in [2.75, 3.05) is 0 Å². The summed E-state index contributed by atoms with van der Waals surface area (Å²) in [7, 11) is 0. The van der Waals surface area contributed by atoms with Crippen LogP contribution in [0.4, 0.5) is 0 Å². The highest BCUT2D eigenvalue weighted by molar-refractivity contribution is 7.26. The summed E-state index contributed by atoms with van der Waals surface area (Å²) in [5, 5.41) is 2.41. The average molecular weight is 674 g/mol. The Labute approximate surface area is 302 Å². The fraction of sp³-hybridized carbons (Fsp3) is 0.0217. The summed E-state index contributed by atoms with van der Waals surface area (Å²) in [6.07, 6.45) is 0. The van der Waals surface area contributed by atoms with Gasteiger partial charge in [-0.2, -0.15) is 0 Å². The van der Waals surface area contributed by atoms with E-state index in [0.29, 0.717) is 28.8 Å². The van der Waals surface area contributed by atoms with Gasteiger partial charge >= 0.3 is 0 Å². The zero-order valence-corrected chi connectivity index (χ0v) is 28.1. The molecule has 7 aromatic carbocycles. The molecule has 0 saturated carbocycles. The largest absolute Gasteiger partial charge is 0.488 e. The quantitative estimate of drug-likeness (QED) is 0.182. The molecule has 2 aromatic heterocycles. The fourth-order valence-corrected chi connectivity index (χ4v) is 8.20. The van der Waals surface area contributed by atoms with Gasteiger partial charge in [-0.3, -0.25) is 0 Å². The molecule has 9 aromatic rings. The summed E-state index contributed by atoms with van der Waals surface area (Å²) in [4.78, 5) is 15.4. The number of fused-ring (bicyclic) bond motifs is 6. The zero-order chi connectivity index (χ0) is 35.5. The molecule has 5 heteroatoms. The number of para-hydroxylation sites is 1. The predicted octanol–water partition coefficient (Wildman–Crippen LogP) is 12.1. The Morgan fingerprint density at radius 3 is 2.00 bits per heavy atom. The first-order valence-electron chi connectivity index (χ1n) is 17.9. The molecule has 0 bridgehead atoms. The van der Waals surface area contributed by atoms with Crippen LogP contribution in [-0.4, -0.2) is 15.0 Å². The molecule has 0 fully saturated rings. The maximum absolute atomic E-state index is 8.69. The normalized spacial score (nSPS) is 13.6. The average Bonchev–Trinajstić information content (AvgIpc) is 3.60. The van der Waals surface area contributed by atoms with Crippen LogP contribution in [-0.2, 0) is 6.56 Å². The first-order chi connectivity index (χ1) is 26.0. The number of ether oxygens (including phenoxy) is 1. The second kappa shape index (κ2) is 12.2. The van der Waals surface area contributed by atoms with E-state index in [2.05, 4.69) is 91.0 Å². The molecule has 3 heterocycles. The Hall–Kier alpha value is -6.43. The van der Waals surface area contributed by atoms with E-state index >= 15 is 0 Å². The minimum atomic E-state index is -1.95. The van der Waals surface area contributed by atoms with Gasteiger partial charge in [0.2, 0.25) is 0 Å². The van der Waals surface area contributed by atoms with E-state index in [9.17, 15) is 0 Å². The Morgan fingerprint density at radius 1 is 0.471 bits per heavy atom. The second-order valence-electron chi connectivity index (χ2n) is 12.5. The van der Waals surface area contributed by atoms with E-state index in [-0.39, 0.29) is 0 Å². The third-order valence-electron chi connectivity index (χ3n) is 9.45. The van der Waals surface area contributed by atoms with E-state index in [4.69, 9.17) is 22.4 Å². The molecule has 240 valence electrons. The number of benzene rings is 7. The van der Waals surface area contributed by atoms with E-state index in [1.807, 2.05) is 66.7 Å². The monoisotopic (exact) mass is 673 g/mol. The molecular formula is C46H29N3OS. The van der Waals surface area contributed by atoms with Crippen molar-refractivity contribution in [3.05, 3.63) is 169 Å². The highest BCUT2D eigenvalue weighted by Gasteiger charge is 2.21. The molecule has 0 atom stereocenters. The third kappa shape index (κ3) is 5.18. The van der Waals surface area contributed by atoms with Crippen LogP contribution in [0, 0.1) is 0 Å². The molecule has 1 aliphatic rings. The molecule has 51 heavy (non-hydrogen) atoms. The van der Waals surface area contributed by atoms with Crippen LogP contribution < -0.4 is 4.74 Å². The van der Waals surface area contributed by atoms with Gasteiger partial charge in [-0.1, -0.05) is 140 Å². The van der Waals surface area contributed by atoms with Crippen LogP contribution in [0.25, 0.3) is 87.7 Å². The van der Waals surface area contributed by atoms with Gasteiger partial charge in [0.15, 0.2) is 17.5 Å². The minimum absolute atomic E-state index is 0.512. The molecule has 10 rings (SSSR count). The molecule has 0 N–H and O–H groups in total. The van der Waals surface area contributed by atoms with Crippen LogP contribution in [0.3, 0.4) is 0 Å². The van der Waals surface area contributed by atoms with Crippen LogP contribution in [0.2, 0.25) is 0 Å². The van der Waals surface area contributed by atoms with Crippen molar-refractivity contribution in [1.82, 2.24) is 15.0 Å². The van der Waals surface area contributed by atoms with Gasteiger partial charge in [0, 0.05) is 42.4 Å². The van der Waals surface area contributed by atoms with E-state index < -0.39 is 6.56 Å². The van der Waals surface area contributed by atoms with E-state index in [0.717, 1.165) is 54.8 Å². The predicted molar refractivity (Wildman–Crippen MR) is 210 cm³/mol. The Morgan fingerprint density at radius 2 is 1.10 bits per heavy atom. The molecule has 0 unspecified atom stereocenters. The van der Waals surface area contributed by atoms with Crippen molar-refractivity contribution >= 4 is 31.5 Å². The Kier molecular flexibility index (Phi) is 6.53. The maximum atomic E-state index is 8.69. The second-order valence-corrected chi connectivity index (χ2v) is 13.6. The molecule has 0 spiro atoms. The minimum Gasteiger partial charge on any atom is -0.488 e. The fourth-order valence-electron chi connectivity index (χ4n) is 6.99. The van der Waals surface area contributed by atoms with Gasteiger partial charge < -0.3 is 4.74 Å². The van der Waals surface area contributed by atoms with Crippen molar-refractivity contribution in [2.45, 2.75) is 6.56 Å². The summed E-state index contributed by atoms with van der Waals surface area (Å²) >= 11 is 1.76. The molecule has 0 amide bonds. The highest BCUT2D eigenvalue weighted by Crippen LogP contribution is 2.44. The first kappa shape index (κ1) is 27.4. The van der Waals surface area contributed by atoms with Gasteiger partial charge in [0.25, 0.3) is 0 Å². The molecule has 0 radical (unpaired) electrons. The van der Waals surface area contributed by atoms with Crippen LogP contribution >= 0.6 is 11.3 Å². The summed E-state index contributed by atoms with van der Waals surface area (Å²) in [6, 6.07) is 55.1. The van der Waals surface area contributed by atoms with Crippen molar-refractivity contribution < 1.29 is 7.48 Å². The standard InChI is InChI=1S/C46H29N3OS/c1-2-11-29(12-3-1)32-13-8-14-33(27-32)45-47-44(48-46(49-45)39-20-10-19-37-36-16-5-7-22-41(36)51-43(37)39)31-25-23-30(24-26-31)35-18-9-15-34-28-50-40-21-6-4-17-38(40)42(34)35/h1-27H,28H2/i28D2. The number of hydrogen-bond donors (Lipinski definition) is 0. The zero-order valence-electron chi connectivity index (χ0n) is 29.2. The Bertz CT molecular complexity index is 2850. The molecular weight excluding hydrogens is 643 g/mol. The topological polar surface area (TPSA) is 47.9 Å². The van der Waals surface area contributed by atoms with E-state index in [1.54, 1.807) is 17.4 Å². The summed E-state index contributed by atoms with van der Waals surface area (Å²) in [6.45, 7) is -1.95. The molecule has 1 aliphatic heterocycles. The summed E-state index contributed by atoms with van der Waals surface area (Å²) in [5.41, 5.74) is 9.05. The van der Waals surface area contributed by atoms with Gasteiger partial charge in [0.1, 0.15) is 12.3 Å². The van der Waals surface area contributed by atoms with Gasteiger partial charge in [-0.15, -0.1) is 11.3 Å². The van der Waals surface area contributed by atoms with Crippen molar-refractivity contribution in [3.8, 4) is 73.3 Å². The van der Waals surface area contributed by atoms with Crippen LogP contribution in [0.1, 0.15) is 8.30 Å². The lowest BCUT2D eigenvalue weighted by molar-refractivity contribution is 0.302. The van der Waals surface area contributed by atoms with Crippen molar-refractivity contribution in [1.29, 1.82) is 0 Å². The smallest absolute Gasteiger partial charge is 0.165 e. The van der Waals surface area contributed by atoms with Gasteiger partial charge in [-0.05, 0) is 57.6 Å². The van der Waals surface area contributed by atoms with Gasteiger partial charge in [0.05, 0.1) is 2.74 Å². The van der Waals surface area contributed by atoms with Gasteiger partial charge in [-0.25, -0.2) is 15.0 Å². The Balaban J connectivity index is 1.13. The third-order valence-corrected chi connectivity index (χ3v) is 10.7. The number of hydrogen-bond acceptors (Lipinski definition) is 5.